The number of hydrogen-bond acceptors (Lipinski definition) is 9. The molecule has 0 heterocycles. The van der Waals surface area contributed by atoms with E-state index < -0.39 is 36.0 Å². The Morgan fingerprint density at radius 1 is 0.516 bits per heavy atom. The van der Waals surface area contributed by atoms with Crippen LogP contribution in [0.5, 0.6) is 0 Å². The fourth-order valence-corrected chi connectivity index (χ4v) is 1.90. The molecule has 0 fully saturated rings. The van der Waals surface area contributed by atoms with Crippen molar-refractivity contribution in [3.8, 4) is 0 Å². The van der Waals surface area contributed by atoms with Crippen LogP contribution in [0, 0.1) is 0 Å². The van der Waals surface area contributed by atoms with Crippen LogP contribution in [0.3, 0.4) is 0 Å². The summed E-state index contributed by atoms with van der Waals surface area (Å²) in [7, 11) is 0. The SMILES string of the molecule is Cl.NCCCC[C@H](N)C(=O)O.NCCCC[C@H](N)C(=O)O.NCCCC[C@H](N)C(=O)O. The van der Waals surface area contributed by atoms with Crippen LogP contribution in [0.25, 0.3) is 0 Å². The number of aliphatic carboxylic acids is 3. The zero-order valence-electron chi connectivity index (χ0n) is 18.2. The first-order chi connectivity index (χ1) is 14.0. The molecule has 0 saturated carbocycles. The lowest BCUT2D eigenvalue weighted by Gasteiger charge is -2.03. The molecule has 0 aliphatic carbocycles. The van der Waals surface area contributed by atoms with Crippen molar-refractivity contribution < 1.29 is 29.7 Å². The predicted molar refractivity (Wildman–Crippen MR) is 123 cm³/mol. The number of halogens is 1. The van der Waals surface area contributed by atoms with Crippen LogP contribution in [0.15, 0.2) is 0 Å². The Kier molecular flexibility index (Phi) is 31.5. The lowest BCUT2D eigenvalue weighted by Crippen LogP contribution is -2.29. The Bertz CT molecular complexity index is 386. The normalized spacial score (nSPS) is 12.6. The Morgan fingerprint density at radius 2 is 0.710 bits per heavy atom. The van der Waals surface area contributed by atoms with Crippen molar-refractivity contribution in [3.63, 3.8) is 0 Å². The van der Waals surface area contributed by atoms with Gasteiger partial charge in [0.05, 0.1) is 0 Å². The van der Waals surface area contributed by atoms with Gasteiger partial charge in [-0.15, -0.1) is 12.4 Å². The standard InChI is InChI=1S/3C6H14N2O2.ClH/c3*7-4-2-1-3-5(8)6(9)10;/h3*5H,1-4,7-8H2,(H,9,10);1H/t3*5-;/m000./s1. The fourth-order valence-electron chi connectivity index (χ4n) is 1.90. The lowest BCUT2D eigenvalue weighted by atomic mass is 10.1. The van der Waals surface area contributed by atoms with Gasteiger partial charge in [-0.25, -0.2) is 0 Å². The van der Waals surface area contributed by atoms with Gasteiger partial charge in [-0.05, 0) is 58.2 Å². The van der Waals surface area contributed by atoms with E-state index in [4.69, 9.17) is 49.7 Å². The molecule has 0 rings (SSSR count). The highest BCUT2D eigenvalue weighted by Gasteiger charge is 2.10. The summed E-state index contributed by atoms with van der Waals surface area (Å²) in [4.78, 5) is 30.4. The van der Waals surface area contributed by atoms with E-state index in [-0.39, 0.29) is 12.4 Å². The second-order valence-electron chi connectivity index (χ2n) is 6.69. The molecule has 0 aromatic rings. The van der Waals surface area contributed by atoms with E-state index in [0.717, 1.165) is 38.5 Å². The molecule has 0 unspecified atom stereocenters. The summed E-state index contributed by atoms with van der Waals surface area (Å²) in [6.07, 6.45) is 6.49. The number of unbranched alkanes of at least 4 members (excludes halogenated alkanes) is 3. The third-order valence-electron chi connectivity index (χ3n) is 3.86. The molecule has 13 heteroatoms. The molecule has 0 aliphatic rings. The summed E-state index contributed by atoms with van der Waals surface area (Å²) >= 11 is 0. The van der Waals surface area contributed by atoms with Gasteiger partial charge in [-0.3, -0.25) is 14.4 Å². The molecular weight excluding hydrogens is 432 g/mol. The van der Waals surface area contributed by atoms with Crippen LogP contribution >= 0.6 is 12.4 Å². The predicted octanol–water partition coefficient (Wildman–Crippen LogP) is -0.996. The minimum absolute atomic E-state index is 0. The average molecular weight is 475 g/mol. The number of hydrogen-bond donors (Lipinski definition) is 9. The van der Waals surface area contributed by atoms with Gasteiger partial charge in [0.25, 0.3) is 0 Å². The number of carboxylic acids is 3. The van der Waals surface area contributed by atoms with Crippen LogP contribution in [-0.2, 0) is 14.4 Å². The molecule has 0 amide bonds. The molecule has 0 aromatic heterocycles. The quantitative estimate of drug-likeness (QED) is 0.129. The van der Waals surface area contributed by atoms with Crippen molar-refractivity contribution in [1.82, 2.24) is 0 Å². The van der Waals surface area contributed by atoms with Gasteiger partial charge in [0.2, 0.25) is 0 Å². The molecule has 31 heavy (non-hydrogen) atoms. The number of carbonyl (C=O) groups is 3. The van der Waals surface area contributed by atoms with E-state index in [2.05, 4.69) is 0 Å². The van der Waals surface area contributed by atoms with Crippen LogP contribution in [0.4, 0.5) is 0 Å². The van der Waals surface area contributed by atoms with Gasteiger partial charge in [0.15, 0.2) is 0 Å². The molecule has 0 aliphatic heterocycles. The Morgan fingerprint density at radius 3 is 0.839 bits per heavy atom. The summed E-state index contributed by atoms with van der Waals surface area (Å²) in [5.41, 5.74) is 31.3. The van der Waals surface area contributed by atoms with Crippen molar-refractivity contribution in [2.45, 2.75) is 75.9 Å². The van der Waals surface area contributed by atoms with E-state index in [1.54, 1.807) is 0 Å². The smallest absolute Gasteiger partial charge is 0.320 e. The summed E-state index contributed by atoms with van der Waals surface area (Å²) in [5, 5.41) is 25.0. The van der Waals surface area contributed by atoms with Crippen LogP contribution in [0.1, 0.15) is 57.8 Å². The van der Waals surface area contributed by atoms with Crippen molar-refractivity contribution in [2.75, 3.05) is 19.6 Å². The molecule has 0 aromatic carbocycles. The topological polar surface area (TPSA) is 268 Å². The minimum atomic E-state index is -0.933. The number of rotatable bonds is 15. The van der Waals surface area contributed by atoms with Crippen molar-refractivity contribution in [1.29, 1.82) is 0 Å². The third kappa shape index (κ3) is 30.7. The first kappa shape index (κ1) is 36.8. The summed E-state index contributed by atoms with van der Waals surface area (Å²) in [6, 6.07) is -2.15. The first-order valence-electron chi connectivity index (χ1n) is 10.1. The zero-order chi connectivity index (χ0) is 23.9. The lowest BCUT2D eigenvalue weighted by molar-refractivity contribution is -0.139. The maximum atomic E-state index is 10.1. The Balaban J connectivity index is -0.000000174. The molecule has 0 spiro atoms. The minimum Gasteiger partial charge on any atom is -0.480 e. The second-order valence-corrected chi connectivity index (χ2v) is 6.69. The summed E-state index contributed by atoms with van der Waals surface area (Å²) in [5.74, 6) is -2.80. The van der Waals surface area contributed by atoms with E-state index >= 15 is 0 Å². The molecular formula is C18H43ClN6O6. The highest BCUT2D eigenvalue weighted by molar-refractivity contribution is 5.85. The van der Waals surface area contributed by atoms with Gasteiger partial charge in [0.1, 0.15) is 18.1 Å². The molecule has 12 nitrogen and oxygen atoms in total. The van der Waals surface area contributed by atoms with Crippen LogP contribution in [0.2, 0.25) is 0 Å². The van der Waals surface area contributed by atoms with E-state index in [1.165, 1.54) is 0 Å². The molecule has 15 N–H and O–H groups in total. The third-order valence-corrected chi connectivity index (χ3v) is 3.86. The van der Waals surface area contributed by atoms with Crippen molar-refractivity contribution >= 4 is 30.3 Å². The fraction of sp³-hybridized carbons (Fsp3) is 0.833. The molecule has 3 atom stereocenters. The average Bonchev–Trinajstić information content (AvgIpc) is 2.69. The number of nitrogens with two attached hydrogens (primary N) is 6. The highest BCUT2D eigenvalue weighted by atomic mass is 35.5. The second kappa shape index (κ2) is 26.5. The van der Waals surface area contributed by atoms with E-state index in [9.17, 15) is 14.4 Å². The maximum Gasteiger partial charge on any atom is 0.320 e. The monoisotopic (exact) mass is 474 g/mol. The molecule has 188 valence electrons. The van der Waals surface area contributed by atoms with Crippen molar-refractivity contribution in [2.24, 2.45) is 34.4 Å². The van der Waals surface area contributed by atoms with E-state index in [1.807, 2.05) is 0 Å². The van der Waals surface area contributed by atoms with Gasteiger partial charge in [-0.1, -0.05) is 19.3 Å². The van der Waals surface area contributed by atoms with Gasteiger partial charge in [0, 0.05) is 0 Å². The molecule has 0 saturated heterocycles. The molecule has 0 bridgehead atoms. The zero-order valence-corrected chi connectivity index (χ0v) is 19.0. The van der Waals surface area contributed by atoms with Crippen molar-refractivity contribution in [3.05, 3.63) is 0 Å². The van der Waals surface area contributed by atoms with Crippen LogP contribution < -0.4 is 34.4 Å². The summed E-state index contributed by atoms with van der Waals surface area (Å²) < 4.78 is 0. The summed E-state index contributed by atoms with van der Waals surface area (Å²) in [6.45, 7) is 1.81. The maximum absolute atomic E-state index is 10.1. The van der Waals surface area contributed by atoms with Crippen LogP contribution in [-0.4, -0.2) is 71.0 Å². The van der Waals surface area contributed by atoms with Gasteiger partial charge < -0.3 is 49.7 Å². The molecule has 0 radical (unpaired) electrons. The van der Waals surface area contributed by atoms with E-state index in [0.29, 0.717) is 38.9 Å². The Labute approximate surface area is 190 Å². The highest BCUT2D eigenvalue weighted by Crippen LogP contribution is 1.98. The van der Waals surface area contributed by atoms with Gasteiger partial charge in [-0.2, -0.15) is 0 Å². The van der Waals surface area contributed by atoms with Gasteiger partial charge >= 0.3 is 17.9 Å². The number of carboxylic acid groups (broad SMARTS) is 3. The largest absolute Gasteiger partial charge is 0.480 e. The first-order valence-corrected chi connectivity index (χ1v) is 10.1. The Hall–Kier alpha value is -1.54.